The molecule has 0 aliphatic heterocycles. The minimum atomic E-state index is -0.392. The number of methoxy groups -OCH3 is 4. The molecular formula is C21H25N3O6. The van der Waals surface area contributed by atoms with Crippen molar-refractivity contribution in [1.82, 2.24) is 0 Å². The maximum atomic E-state index is 12.4. The maximum Gasteiger partial charge on any atom is 0.248 e. The first-order valence-corrected chi connectivity index (χ1v) is 8.92. The normalized spacial score (nSPS) is 10.4. The molecule has 2 amide bonds. The van der Waals surface area contributed by atoms with Crippen LogP contribution in [0, 0.1) is 0 Å². The summed E-state index contributed by atoms with van der Waals surface area (Å²) < 4.78 is 21.1. The SMILES string of the molecule is COc1cc(OC)c(C=CC(=O)Nc2ccc(OC)c(NC(=O)CN)c2)c(OC)c1. The van der Waals surface area contributed by atoms with E-state index in [9.17, 15) is 9.59 Å². The Morgan fingerprint density at radius 2 is 1.53 bits per heavy atom. The van der Waals surface area contributed by atoms with Crippen LogP contribution >= 0.6 is 0 Å². The number of carbonyl (C=O) groups excluding carboxylic acids is 2. The molecule has 9 nitrogen and oxygen atoms in total. The van der Waals surface area contributed by atoms with Crippen LogP contribution < -0.4 is 35.3 Å². The van der Waals surface area contributed by atoms with Crippen molar-refractivity contribution in [3.8, 4) is 23.0 Å². The van der Waals surface area contributed by atoms with E-state index in [0.29, 0.717) is 39.9 Å². The monoisotopic (exact) mass is 415 g/mol. The average molecular weight is 415 g/mol. The third-order valence-corrected chi connectivity index (χ3v) is 4.08. The second kappa shape index (κ2) is 10.7. The first kappa shape index (κ1) is 22.6. The van der Waals surface area contributed by atoms with Gasteiger partial charge in [-0.05, 0) is 24.3 Å². The molecule has 2 rings (SSSR count). The fraction of sp³-hybridized carbons (Fsp3) is 0.238. The van der Waals surface area contributed by atoms with Gasteiger partial charge in [0.05, 0.1) is 46.2 Å². The number of nitrogens with one attached hydrogen (secondary N) is 2. The standard InChI is InChI=1S/C21H25N3O6/c1-27-14-10-18(29-3)15(19(11-14)30-4)6-8-20(25)23-13-5-7-17(28-2)16(9-13)24-21(26)12-22/h5-11H,12,22H2,1-4H3,(H,23,25)(H,24,26). The van der Waals surface area contributed by atoms with Gasteiger partial charge < -0.3 is 35.3 Å². The van der Waals surface area contributed by atoms with Gasteiger partial charge in [-0.3, -0.25) is 9.59 Å². The van der Waals surface area contributed by atoms with Crippen LogP contribution in [0.5, 0.6) is 23.0 Å². The molecule has 0 aromatic heterocycles. The predicted molar refractivity (Wildman–Crippen MR) is 114 cm³/mol. The highest BCUT2D eigenvalue weighted by molar-refractivity contribution is 6.03. The Labute approximate surface area is 174 Å². The van der Waals surface area contributed by atoms with Gasteiger partial charge in [0.1, 0.15) is 23.0 Å². The Hall–Kier alpha value is -3.72. The Morgan fingerprint density at radius 1 is 0.900 bits per heavy atom. The molecule has 0 bridgehead atoms. The van der Waals surface area contributed by atoms with E-state index in [-0.39, 0.29) is 12.5 Å². The first-order chi connectivity index (χ1) is 14.4. The molecule has 0 saturated carbocycles. The highest BCUT2D eigenvalue weighted by Crippen LogP contribution is 2.35. The summed E-state index contributed by atoms with van der Waals surface area (Å²) in [5.74, 6) is 1.22. The molecule has 9 heteroatoms. The Balaban J connectivity index is 2.22. The van der Waals surface area contributed by atoms with Gasteiger partial charge in [-0.1, -0.05) is 0 Å². The molecule has 4 N–H and O–H groups in total. The molecule has 160 valence electrons. The van der Waals surface area contributed by atoms with Gasteiger partial charge in [-0.25, -0.2) is 0 Å². The van der Waals surface area contributed by atoms with E-state index >= 15 is 0 Å². The number of hydrogen-bond donors (Lipinski definition) is 3. The zero-order valence-corrected chi connectivity index (χ0v) is 17.3. The van der Waals surface area contributed by atoms with Gasteiger partial charge in [0.25, 0.3) is 0 Å². The van der Waals surface area contributed by atoms with Crippen molar-refractivity contribution in [2.45, 2.75) is 0 Å². The molecule has 0 fully saturated rings. The number of ether oxygens (including phenoxy) is 4. The second-order valence-corrected chi connectivity index (χ2v) is 5.94. The van der Waals surface area contributed by atoms with Crippen LogP contribution in [0.2, 0.25) is 0 Å². The predicted octanol–water partition coefficient (Wildman–Crippen LogP) is 2.27. The number of anilines is 2. The topological polar surface area (TPSA) is 121 Å². The van der Waals surface area contributed by atoms with Gasteiger partial charge in [-0.15, -0.1) is 0 Å². The lowest BCUT2D eigenvalue weighted by molar-refractivity contribution is -0.115. The van der Waals surface area contributed by atoms with Crippen LogP contribution in [0.1, 0.15) is 5.56 Å². The summed E-state index contributed by atoms with van der Waals surface area (Å²) in [4.78, 5) is 24.0. The number of carbonyl (C=O) groups is 2. The van der Waals surface area contributed by atoms with Crippen LogP contribution in [0.25, 0.3) is 6.08 Å². The zero-order chi connectivity index (χ0) is 22.1. The van der Waals surface area contributed by atoms with E-state index in [1.54, 1.807) is 36.4 Å². The molecule has 0 radical (unpaired) electrons. The van der Waals surface area contributed by atoms with Gasteiger partial charge in [0, 0.05) is 23.9 Å². The van der Waals surface area contributed by atoms with Gasteiger partial charge in [0.2, 0.25) is 11.8 Å². The third kappa shape index (κ3) is 5.65. The largest absolute Gasteiger partial charge is 0.496 e. The van der Waals surface area contributed by atoms with Crippen molar-refractivity contribution < 1.29 is 28.5 Å². The van der Waals surface area contributed by atoms with Crippen LogP contribution in [-0.2, 0) is 9.59 Å². The minimum Gasteiger partial charge on any atom is -0.496 e. The highest BCUT2D eigenvalue weighted by Gasteiger charge is 2.12. The molecule has 30 heavy (non-hydrogen) atoms. The summed E-state index contributed by atoms with van der Waals surface area (Å²) in [5, 5.41) is 5.34. The summed E-state index contributed by atoms with van der Waals surface area (Å²) in [6.07, 6.45) is 2.92. The number of amides is 2. The number of hydrogen-bond acceptors (Lipinski definition) is 7. The quantitative estimate of drug-likeness (QED) is 0.537. The molecule has 2 aromatic carbocycles. The van der Waals surface area contributed by atoms with Crippen molar-refractivity contribution in [3.63, 3.8) is 0 Å². The van der Waals surface area contributed by atoms with Crippen LogP contribution in [0.4, 0.5) is 11.4 Å². The summed E-state index contributed by atoms with van der Waals surface area (Å²) in [5.41, 5.74) is 6.78. The van der Waals surface area contributed by atoms with E-state index < -0.39 is 5.91 Å². The lowest BCUT2D eigenvalue weighted by Crippen LogP contribution is -2.22. The average Bonchev–Trinajstić information content (AvgIpc) is 2.77. The lowest BCUT2D eigenvalue weighted by Gasteiger charge is -2.13. The summed E-state index contributed by atoms with van der Waals surface area (Å²) in [6, 6.07) is 8.23. The second-order valence-electron chi connectivity index (χ2n) is 5.94. The minimum absolute atomic E-state index is 0.173. The molecule has 0 aliphatic carbocycles. The summed E-state index contributed by atoms with van der Waals surface area (Å²) >= 11 is 0. The van der Waals surface area contributed by atoms with E-state index in [1.165, 1.54) is 34.5 Å². The smallest absolute Gasteiger partial charge is 0.248 e. The molecule has 0 aliphatic rings. The highest BCUT2D eigenvalue weighted by atomic mass is 16.5. The molecule has 2 aromatic rings. The first-order valence-electron chi connectivity index (χ1n) is 8.92. The number of nitrogens with two attached hydrogens (primary N) is 1. The van der Waals surface area contributed by atoms with E-state index in [1.807, 2.05) is 0 Å². The lowest BCUT2D eigenvalue weighted by atomic mass is 10.1. The zero-order valence-electron chi connectivity index (χ0n) is 17.3. The van der Waals surface area contributed by atoms with Gasteiger partial charge in [-0.2, -0.15) is 0 Å². The number of benzene rings is 2. The number of rotatable bonds is 9. The van der Waals surface area contributed by atoms with Crippen LogP contribution in [-0.4, -0.2) is 46.8 Å². The molecule has 0 unspecified atom stereocenters. The molecular weight excluding hydrogens is 390 g/mol. The third-order valence-electron chi connectivity index (χ3n) is 4.08. The van der Waals surface area contributed by atoms with E-state index in [2.05, 4.69) is 10.6 Å². The maximum absolute atomic E-state index is 12.4. The van der Waals surface area contributed by atoms with Crippen molar-refractivity contribution in [2.75, 3.05) is 45.6 Å². The Bertz CT molecular complexity index is 917. The van der Waals surface area contributed by atoms with E-state index in [4.69, 9.17) is 24.7 Å². The fourth-order valence-electron chi connectivity index (χ4n) is 2.62. The van der Waals surface area contributed by atoms with Crippen molar-refractivity contribution in [2.24, 2.45) is 5.73 Å². The van der Waals surface area contributed by atoms with Crippen molar-refractivity contribution >= 4 is 29.3 Å². The van der Waals surface area contributed by atoms with Crippen LogP contribution in [0.15, 0.2) is 36.4 Å². The van der Waals surface area contributed by atoms with Gasteiger partial charge in [0.15, 0.2) is 0 Å². The fourth-order valence-corrected chi connectivity index (χ4v) is 2.62. The van der Waals surface area contributed by atoms with Crippen molar-refractivity contribution in [1.29, 1.82) is 0 Å². The van der Waals surface area contributed by atoms with Gasteiger partial charge >= 0.3 is 0 Å². The Morgan fingerprint density at radius 3 is 2.07 bits per heavy atom. The Kier molecular flexibility index (Phi) is 8.07. The molecule has 0 spiro atoms. The molecule has 0 atom stereocenters. The summed E-state index contributed by atoms with van der Waals surface area (Å²) in [6.45, 7) is -0.173. The van der Waals surface area contributed by atoms with Crippen LogP contribution in [0.3, 0.4) is 0 Å². The molecule has 0 heterocycles. The summed E-state index contributed by atoms with van der Waals surface area (Å²) in [7, 11) is 6.04. The molecule has 0 saturated heterocycles. The van der Waals surface area contributed by atoms with E-state index in [0.717, 1.165) is 0 Å². The van der Waals surface area contributed by atoms with Crippen molar-refractivity contribution in [3.05, 3.63) is 42.0 Å².